The van der Waals surface area contributed by atoms with Crippen LogP contribution in [-0.2, 0) is 0 Å². The van der Waals surface area contributed by atoms with Crippen LogP contribution in [0.15, 0.2) is 231 Å². The molecule has 0 unspecified atom stereocenters. The molecule has 0 fully saturated rings. The summed E-state index contributed by atoms with van der Waals surface area (Å²) in [5, 5.41) is 2.57. The molecule has 0 aliphatic rings. The molecule has 0 N–H and O–H groups in total. The van der Waals surface area contributed by atoms with E-state index in [9.17, 15) is 0 Å². The minimum atomic E-state index is 0.967. The second-order valence-electron chi connectivity index (χ2n) is 15.4. The van der Waals surface area contributed by atoms with Crippen molar-refractivity contribution in [2.75, 3.05) is 0 Å². The van der Waals surface area contributed by atoms with E-state index in [4.69, 9.17) is 9.97 Å². The number of pyridine rings is 2. The van der Waals surface area contributed by atoms with Gasteiger partial charge in [0, 0.05) is 42.4 Å². The third kappa shape index (κ3) is 7.33. The van der Waals surface area contributed by atoms with Crippen molar-refractivity contribution in [3.05, 3.63) is 231 Å². The van der Waals surface area contributed by atoms with Crippen molar-refractivity contribution in [3.63, 3.8) is 0 Å². The molecule has 11 aromatic rings. The van der Waals surface area contributed by atoms with Gasteiger partial charge in [-0.05, 0) is 93.0 Å². The van der Waals surface area contributed by atoms with E-state index in [0.717, 1.165) is 67.3 Å². The van der Waals surface area contributed by atoms with Gasteiger partial charge < -0.3 is 0 Å². The SMILES string of the molecule is c1ccc(-c2cc(-c3ccc(-c4ccc5sc6ccc(-c7ccc(-c8cc(-c9ccccc9)nc(-c9ccccc9)c8)cc7)cc6c5c4)cc3)cc(-c3ccccc3)n2)cc1. The predicted molar refractivity (Wildman–Crippen MR) is 258 cm³/mol. The molecule has 0 amide bonds. The van der Waals surface area contributed by atoms with Gasteiger partial charge in [-0.3, -0.25) is 0 Å². The maximum atomic E-state index is 5.08. The lowest BCUT2D eigenvalue weighted by Crippen LogP contribution is -1.91. The van der Waals surface area contributed by atoms with Gasteiger partial charge in [-0.2, -0.15) is 0 Å². The van der Waals surface area contributed by atoms with E-state index in [0.29, 0.717) is 0 Å². The van der Waals surface area contributed by atoms with Crippen molar-refractivity contribution in [2.45, 2.75) is 0 Å². The molecule has 0 radical (unpaired) electrons. The van der Waals surface area contributed by atoms with Gasteiger partial charge in [0.1, 0.15) is 0 Å². The average molecular weight is 795 g/mol. The molecule has 0 bridgehead atoms. The number of fused-ring (bicyclic) bond motifs is 3. The molecular formula is C58H38N2S. The summed E-state index contributed by atoms with van der Waals surface area (Å²) in [4.78, 5) is 10.2. The number of benzene rings is 8. The monoisotopic (exact) mass is 794 g/mol. The van der Waals surface area contributed by atoms with E-state index in [1.54, 1.807) is 0 Å². The second-order valence-corrected chi connectivity index (χ2v) is 16.5. The Morgan fingerprint density at radius 3 is 0.770 bits per heavy atom. The van der Waals surface area contributed by atoms with Crippen molar-refractivity contribution >= 4 is 31.5 Å². The van der Waals surface area contributed by atoms with Crippen LogP contribution in [0.4, 0.5) is 0 Å². The third-order valence-electron chi connectivity index (χ3n) is 11.5. The standard InChI is InChI=1S/C58H38N2S/c1-5-13-43(14-6-1)53-35-49(36-54(59-53)44-15-7-2-8-16-44)41-25-21-39(22-26-41)47-29-31-57-51(33-47)52-34-48(30-32-58(52)61-57)40-23-27-42(28-24-40)50-37-55(45-17-9-3-10-18-45)60-56(38-50)46-19-11-4-12-20-46/h1-38H. The largest absolute Gasteiger partial charge is 0.248 e. The lowest BCUT2D eigenvalue weighted by atomic mass is 9.96. The highest BCUT2D eigenvalue weighted by Crippen LogP contribution is 2.40. The first-order valence-electron chi connectivity index (χ1n) is 20.6. The van der Waals surface area contributed by atoms with E-state index < -0.39 is 0 Å². The average Bonchev–Trinajstić information content (AvgIpc) is 3.72. The zero-order chi connectivity index (χ0) is 40.5. The normalized spacial score (nSPS) is 11.3. The van der Waals surface area contributed by atoms with E-state index in [2.05, 4.69) is 206 Å². The van der Waals surface area contributed by atoms with E-state index in [1.807, 2.05) is 35.6 Å². The summed E-state index contributed by atoms with van der Waals surface area (Å²) in [6, 6.07) is 82.3. The Balaban J connectivity index is 0.904. The molecule has 0 aliphatic heterocycles. The Morgan fingerprint density at radius 1 is 0.213 bits per heavy atom. The van der Waals surface area contributed by atoms with Gasteiger partial charge in [0.05, 0.1) is 22.8 Å². The molecule has 2 nitrogen and oxygen atoms in total. The summed E-state index contributed by atoms with van der Waals surface area (Å²) >= 11 is 1.85. The number of hydrogen-bond donors (Lipinski definition) is 0. The van der Waals surface area contributed by atoms with Crippen molar-refractivity contribution in [2.24, 2.45) is 0 Å². The number of aromatic nitrogens is 2. The van der Waals surface area contributed by atoms with Crippen LogP contribution >= 0.6 is 11.3 Å². The van der Waals surface area contributed by atoms with Gasteiger partial charge in [-0.25, -0.2) is 9.97 Å². The second kappa shape index (κ2) is 15.8. The predicted octanol–water partition coefficient (Wildman–Crippen LogP) is 16.2. The van der Waals surface area contributed by atoms with Gasteiger partial charge in [-0.15, -0.1) is 11.3 Å². The Labute approximate surface area is 359 Å². The molecule has 286 valence electrons. The molecule has 0 saturated heterocycles. The van der Waals surface area contributed by atoms with Crippen LogP contribution < -0.4 is 0 Å². The number of nitrogens with zero attached hydrogens (tertiary/aromatic N) is 2. The van der Waals surface area contributed by atoms with Gasteiger partial charge in [0.2, 0.25) is 0 Å². The molecule has 0 aliphatic carbocycles. The van der Waals surface area contributed by atoms with Crippen LogP contribution in [-0.4, -0.2) is 9.97 Å². The lowest BCUT2D eigenvalue weighted by Gasteiger charge is -2.11. The minimum absolute atomic E-state index is 0.967. The van der Waals surface area contributed by atoms with Crippen molar-refractivity contribution in [1.82, 2.24) is 9.97 Å². The maximum Gasteiger partial charge on any atom is 0.0715 e. The fraction of sp³-hybridized carbons (Fsp3) is 0. The van der Waals surface area contributed by atoms with Crippen LogP contribution in [0, 0.1) is 0 Å². The van der Waals surface area contributed by atoms with Gasteiger partial charge in [0.15, 0.2) is 0 Å². The van der Waals surface area contributed by atoms with Crippen LogP contribution in [0.3, 0.4) is 0 Å². The molecule has 0 saturated carbocycles. The summed E-state index contributed by atoms with van der Waals surface area (Å²) in [7, 11) is 0. The topological polar surface area (TPSA) is 25.8 Å². The summed E-state index contributed by atoms with van der Waals surface area (Å²) in [6.45, 7) is 0. The summed E-state index contributed by atoms with van der Waals surface area (Å²) in [5.41, 5.74) is 17.7. The highest BCUT2D eigenvalue weighted by Gasteiger charge is 2.13. The Morgan fingerprint density at radius 2 is 0.475 bits per heavy atom. The first-order valence-corrected chi connectivity index (χ1v) is 21.4. The first kappa shape index (κ1) is 36.4. The number of thiophene rings is 1. The fourth-order valence-electron chi connectivity index (χ4n) is 8.27. The van der Waals surface area contributed by atoms with Crippen LogP contribution in [0.25, 0.3) is 110 Å². The third-order valence-corrected chi connectivity index (χ3v) is 12.7. The van der Waals surface area contributed by atoms with Crippen molar-refractivity contribution in [3.8, 4) is 89.5 Å². The molecule has 8 aromatic carbocycles. The van der Waals surface area contributed by atoms with E-state index in [-0.39, 0.29) is 0 Å². The van der Waals surface area contributed by atoms with Crippen molar-refractivity contribution < 1.29 is 0 Å². The van der Waals surface area contributed by atoms with Gasteiger partial charge >= 0.3 is 0 Å². The molecule has 11 rings (SSSR count). The Bertz CT molecular complexity index is 2960. The minimum Gasteiger partial charge on any atom is -0.248 e. The van der Waals surface area contributed by atoms with Crippen LogP contribution in [0.2, 0.25) is 0 Å². The van der Waals surface area contributed by atoms with Crippen LogP contribution in [0.1, 0.15) is 0 Å². The molecule has 61 heavy (non-hydrogen) atoms. The fourth-order valence-corrected chi connectivity index (χ4v) is 9.34. The van der Waals surface area contributed by atoms with Gasteiger partial charge in [-0.1, -0.05) is 182 Å². The number of rotatable bonds is 8. The molecule has 3 aromatic heterocycles. The molecular weight excluding hydrogens is 757 g/mol. The summed E-state index contributed by atoms with van der Waals surface area (Å²) < 4.78 is 2.59. The van der Waals surface area contributed by atoms with E-state index in [1.165, 1.54) is 42.4 Å². The summed E-state index contributed by atoms with van der Waals surface area (Å²) in [6.07, 6.45) is 0. The highest BCUT2D eigenvalue weighted by molar-refractivity contribution is 7.25. The molecule has 3 heterocycles. The Kier molecular flexibility index (Phi) is 9.42. The maximum absolute atomic E-state index is 5.08. The summed E-state index contributed by atoms with van der Waals surface area (Å²) in [5.74, 6) is 0. The molecule has 0 atom stereocenters. The zero-order valence-corrected chi connectivity index (χ0v) is 34.1. The quantitative estimate of drug-likeness (QED) is 0.153. The smallest absolute Gasteiger partial charge is 0.0715 e. The Hall–Kier alpha value is -7.72. The van der Waals surface area contributed by atoms with Crippen molar-refractivity contribution in [1.29, 1.82) is 0 Å². The zero-order valence-electron chi connectivity index (χ0n) is 33.2. The lowest BCUT2D eigenvalue weighted by molar-refractivity contribution is 1.32. The first-order chi connectivity index (χ1) is 30.2. The van der Waals surface area contributed by atoms with E-state index >= 15 is 0 Å². The number of hydrogen-bond acceptors (Lipinski definition) is 3. The molecule has 3 heteroatoms. The van der Waals surface area contributed by atoms with Crippen LogP contribution in [0.5, 0.6) is 0 Å². The highest BCUT2D eigenvalue weighted by atomic mass is 32.1. The molecule has 0 spiro atoms. The van der Waals surface area contributed by atoms with Gasteiger partial charge in [0.25, 0.3) is 0 Å².